The van der Waals surface area contributed by atoms with Gasteiger partial charge in [0.25, 0.3) is 10.0 Å². The molecule has 7 nitrogen and oxygen atoms in total. The molecule has 0 saturated heterocycles. The summed E-state index contributed by atoms with van der Waals surface area (Å²) in [5.74, 6) is 0.331. The predicted molar refractivity (Wildman–Crippen MR) is 132 cm³/mol. The van der Waals surface area contributed by atoms with Gasteiger partial charge in [-0.05, 0) is 43.7 Å². The number of halogens is 2. The predicted octanol–water partition coefficient (Wildman–Crippen LogP) is 5.49. The lowest BCUT2D eigenvalue weighted by Crippen LogP contribution is -2.38. The molecule has 170 valence electrons. The minimum Gasteiger partial charge on any atom is -0.299 e. The summed E-state index contributed by atoms with van der Waals surface area (Å²) < 4.78 is 28.5. The van der Waals surface area contributed by atoms with Crippen molar-refractivity contribution >= 4 is 73.0 Å². The van der Waals surface area contributed by atoms with Gasteiger partial charge >= 0.3 is 0 Å². The van der Waals surface area contributed by atoms with Crippen molar-refractivity contribution in [3.63, 3.8) is 0 Å². The van der Waals surface area contributed by atoms with Crippen LogP contribution >= 0.6 is 46.3 Å². The molecule has 3 rings (SSSR count). The number of carbonyl (C=O) groups is 1. The van der Waals surface area contributed by atoms with Gasteiger partial charge in [-0.15, -0.1) is 10.2 Å². The molecule has 0 atom stereocenters. The maximum Gasteiger partial charge on any atom is 0.264 e. The van der Waals surface area contributed by atoms with E-state index in [2.05, 4.69) is 22.4 Å². The van der Waals surface area contributed by atoms with Crippen LogP contribution in [0, 0.1) is 6.92 Å². The van der Waals surface area contributed by atoms with Gasteiger partial charge in [0.05, 0.1) is 20.6 Å². The number of nitrogens with one attached hydrogen (secondary N) is 1. The van der Waals surface area contributed by atoms with E-state index in [0.29, 0.717) is 5.13 Å². The molecule has 0 saturated carbocycles. The third-order valence-corrected chi connectivity index (χ3v) is 8.87. The Morgan fingerprint density at radius 2 is 1.84 bits per heavy atom. The van der Waals surface area contributed by atoms with E-state index >= 15 is 0 Å². The van der Waals surface area contributed by atoms with Crippen LogP contribution in [0.5, 0.6) is 0 Å². The summed E-state index contributed by atoms with van der Waals surface area (Å²) in [6.45, 7) is 3.43. The second kappa shape index (κ2) is 10.8. The van der Waals surface area contributed by atoms with Crippen LogP contribution in [0.25, 0.3) is 0 Å². The number of amides is 1. The summed E-state index contributed by atoms with van der Waals surface area (Å²) in [7, 11) is -4.06. The lowest BCUT2D eigenvalue weighted by molar-refractivity contribution is -0.114. The average Bonchev–Trinajstić information content (AvgIpc) is 3.20. The number of hydrogen-bond acceptors (Lipinski definition) is 7. The number of thioether (sulfide) groups is 1. The molecule has 0 aliphatic heterocycles. The van der Waals surface area contributed by atoms with E-state index in [4.69, 9.17) is 23.2 Å². The van der Waals surface area contributed by atoms with Gasteiger partial charge in [0.1, 0.15) is 6.54 Å². The van der Waals surface area contributed by atoms with Gasteiger partial charge < -0.3 is 0 Å². The highest BCUT2D eigenvalue weighted by Gasteiger charge is 2.28. The number of anilines is 2. The summed E-state index contributed by atoms with van der Waals surface area (Å²) in [6.07, 6.45) is 0.988. The SMILES string of the molecule is CCCSc1nnc(NC(=O)CN(c2ccc(Cl)c(Cl)c2)S(=O)(=O)c2ccc(C)cc2)s1. The summed E-state index contributed by atoms with van der Waals surface area (Å²) in [5.41, 5.74) is 1.13. The van der Waals surface area contributed by atoms with E-state index in [1.54, 1.807) is 23.9 Å². The van der Waals surface area contributed by atoms with Gasteiger partial charge in [-0.25, -0.2) is 8.42 Å². The maximum atomic E-state index is 13.4. The smallest absolute Gasteiger partial charge is 0.264 e. The Morgan fingerprint density at radius 1 is 1.12 bits per heavy atom. The second-order valence-electron chi connectivity index (χ2n) is 6.69. The van der Waals surface area contributed by atoms with Crippen molar-refractivity contribution in [1.82, 2.24) is 10.2 Å². The van der Waals surface area contributed by atoms with E-state index in [-0.39, 0.29) is 20.6 Å². The zero-order valence-electron chi connectivity index (χ0n) is 17.2. The Balaban J connectivity index is 1.88. The molecule has 0 fully saturated rings. The number of sulfonamides is 1. The Labute approximate surface area is 205 Å². The highest BCUT2D eigenvalue weighted by molar-refractivity contribution is 8.01. The molecular weight excluding hydrogens is 511 g/mol. The molecule has 0 spiro atoms. The molecule has 1 amide bonds. The molecule has 1 heterocycles. The molecule has 3 aromatic rings. The number of carbonyl (C=O) groups excluding carboxylic acids is 1. The number of benzene rings is 2. The minimum absolute atomic E-state index is 0.0520. The molecule has 1 aromatic heterocycles. The molecule has 12 heteroatoms. The zero-order chi connectivity index (χ0) is 23.3. The highest BCUT2D eigenvalue weighted by Crippen LogP contribution is 2.31. The quantitative estimate of drug-likeness (QED) is 0.290. The van der Waals surface area contributed by atoms with Crippen molar-refractivity contribution in [2.24, 2.45) is 0 Å². The first-order valence-electron chi connectivity index (χ1n) is 9.51. The fourth-order valence-corrected chi connectivity index (χ4v) is 5.99. The van der Waals surface area contributed by atoms with Gasteiger partial charge in [0.15, 0.2) is 4.34 Å². The molecular formula is C20H20Cl2N4O3S3. The van der Waals surface area contributed by atoms with Crippen molar-refractivity contribution < 1.29 is 13.2 Å². The number of hydrogen-bond donors (Lipinski definition) is 1. The standard InChI is InChI=1S/C20H20Cl2N4O3S3/c1-3-10-30-20-25-24-19(31-20)23-18(27)12-26(14-6-9-16(21)17(22)11-14)32(28,29)15-7-4-13(2)5-8-15/h4-9,11H,3,10,12H2,1-2H3,(H,23,24,27). The normalized spacial score (nSPS) is 11.4. The Morgan fingerprint density at radius 3 is 2.50 bits per heavy atom. The van der Waals surface area contributed by atoms with Crippen LogP contribution < -0.4 is 9.62 Å². The van der Waals surface area contributed by atoms with Crippen molar-refractivity contribution in [1.29, 1.82) is 0 Å². The van der Waals surface area contributed by atoms with E-state index in [1.165, 1.54) is 41.7 Å². The van der Waals surface area contributed by atoms with Crippen LogP contribution in [0.2, 0.25) is 10.0 Å². The maximum absolute atomic E-state index is 13.4. The molecule has 32 heavy (non-hydrogen) atoms. The number of aryl methyl sites for hydroxylation is 1. The van der Waals surface area contributed by atoms with Crippen LogP contribution in [0.1, 0.15) is 18.9 Å². The van der Waals surface area contributed by atoms with Gasteiger partial charge in [-0.2, -0.15) is 0 Å². The van der Waals surface area contributed by atoms with Gasteiger partial charge in [0.2, 0.25) is 11.0 Å². The van der Waals surface area contributed by atoms with Crippen LogP contribution in [0.3, 0.4) is 0 Å². The Kier molecular flexibility index (Phi) is 8.40. The molecule has 2 aromatic carbocycles. The lowest BCUT2D eigenvalue weighted by atomic mass is 10.2. The van der Waals surface area contributed by atoms with Crippen molar-refractivity contribution in [3.05, 3.63) is 58.1 Å². The summed E-state index contributed by atoms with van der Waals surface area (Å²) >= 11 is 14.9. The van der Waals surface area contributed by atoms with Crippen LogP contribution in [0.15, 0.2) is 51.7 Å². The molecule has 0 aliphatic rings. The van der Waals surface area contributed by atoms with Gasteiger partial charge in [0, 0.05) is 5.75 Å². The Bertz CT molecular complexity index is 1200. The second-order valence-corrected chi connectivity index (χ2v) is 11.7. The van der Waals surface area contributed by atoms with E-state index in [1.807, 2.05) is 6.92 Å². The largest absolute Gasteiger partial charge is 0.299 e. The number of nitrogens with zero attached hydrogens (tertiary/aromatic N) is 3. The Hall–Kier alpha value is -1.85. The van der Waals surface area contributed by atoms with Crippen LogP contribution in [-0.2, 0) is 14.8 Å². The molecule has 0 unspecified atom stereocenters. The average molecular weight is 532 g/mol. The number of rotatable bonds is 9. The lowest BCUT2D eigenvalue weighted by Gasteiger charge is -2.24. The fraction of sp³-hybridized carbons (Fsp3) is 0.250. The first kappa shape index (κ1) is 24.8. The van der Waals surface area contributed by atoms with Gasteiger partial charge in [-0.3, -0.25) is 14.4 Å². The van der Waals surface area contributed by atoms with Crippen molar-refractivity contribution in [2.45, 2.75) is 29.5 Å². The molecule has 0 aliphatic carbocycles. The zero-order valence-corrected chi connectivity index (χ0v) is 21.2. The summed E-state index contributed by atoms with van der Waals surface area (Å²) in [5, 5.41) is 11.4. The first-order valence-corrected chi connectivity index (χ1v) is 13.5. The van der Waals surface area contributed by atoms with E-state index in [0.717, 1.165) is 26.4 Å². The van der Waals surface area contributed by atoms with Gasteiger partial charge in [-0.1, -0.05) is 70.9 Å². The minimum atomic E-state index is -4.06. The monoisotopic (exact) mass is 530 g/mol. The third-order valence-electron chi connectivity index (χ3n) is 4.17. The molecule has 0 radical (unpaired) electrons. The third kappa shape index (κ3) is 6.14. The fourth-order valence-electron chi connectivity index (χ4n) is 2.59. The first-order chi connectivity index (χ1) is 15.2. The van der Waals surface area contributed by atoms with Crippen LogP contribution in [0.4, 0.5) is 10.8 Å². The van der Waals surface area contributed by atoms with Crippen molar-refractivity contribution in [2.75, 3.05) is 21.9 Å². The topological polar surface area (TPSA) is 92.3 Å². The molecule has 1 N–H and O–H groups in total. The molecule has 0 bridgehead atoms. The van der Waals surface area contributed by atoms with E-state index < -0.39 is 22.5 Å². The van der Waals surface area contributed by atoms with E-state index in [9.17, 15) is 13.2 Å². The summed E-state index contributed by atoms with van der Waals surface area (Å²) in [4.78, 5) is 12.8. The van der Waals surface area contributed by atoms with Crippen molar-refractivity contribution in [3.8, 4) is 0 Å². The van der Waals surface area contributed by atoms with Crippen LogP contribution in [-0.4, -0.2) is 36.8 Å². The highest BCUT2D eigenvalue weighted by atomic mass is 35.5. The number of aromatic nitrogens is 2. The summed E-state index contributed by atoms with van der Waals surface area (Å²) in [6, 6.07) is 10.8.